The maximum Gasteiger partial charge on any atom is 0.287 e. The van der Waals surface area contributed by atoms with Crippen molar-refractivity contribution in [1.29, 1.82) is 0 Å². The van der Waals surface area contributed by atoms with E-state index in [4.69, 9.17) is 23.2 Å². The monoisotopic (exact) mass is 474 g/mol. The molecule has 6 nitrogen and oxygen atoms in total. The Kier molecular flexibility index (Phi) is 7.21. The van der Waals surface area contributed by atoms with Gasteiger partial charge in [0, 0.05) is 35.4 Å². The molecule has 32 heavy (non-hydrogen) atoms. The Hall–Kier alpha value is -2.31. The van der Waals surface area contributed by atoms with Gasteiger partial charge in [0.05, 0.1) is 10.7 Å². The molecule has 0 spiro atoms. The minimum absolute atomic E-state index is 0.122. The Balaban J connectivity index is 1.76. The number of aryl methyl sites for hydroxylation is 1. The predicted octanol–water partition coefficient (Wildman–Crippen LogP) is 5.72. The quantitative estimate of drug-likeness (QED) is 0.445. The highest BCUT2D eigenvalue weighted by molar-refractivity contribution is 6.36. The second-order valence-corrected chi connectivity index (χ2v) is 9.32. The summed E-state index contributed by atoms with van der Waals surface area (Å²) in [7, 11) is 0. The van der Waals surface area contributed by atoms with Gasteiger partial charge in [-0.3, -0.25) is 9.59 Å². The van der Waals surface area contributed by atoms with Crippen LogP contribution in [0.15, 0.2) is 35.3 Å². The van der Waals surface area contributed by atoms with Gasteiger partial charge in [0.1, 0.15) is 11.2 Å². The predicted molar refractivity (Wildman–Crippen MR) is 129 cm³/mol. The van der Waals surface area contributed by atoms with E-state index >= 15 is 0 Å². The standard InChI is InChI=1S/C24H28Cl2N4O2/c1-2-3-7-12-29-15-19(23(31)27-17-8-5-4-6-9-17)24(32)30-22(29)14-21(28-30)18-11-10-16(25)13-20(18)26/h10-11,13-15,17H,2-9,12H2,1H3,(H,27,31). The number of nitrogens with one attached hydrogen (secondary N) is 1. The number of hydrogen-bond donors (Lipinski definition) is 1. The summed E-state index contributed by atoms with van der Waals surface area (Å²) < 4.78 is 3.27. The molecule has 1 aliphatic rings. The van der Waals surface area contributed by atoms with Gasteiger partial charge in [0.2, 0.25) is 0 Å². The maximum absolute atomic E-state index is 13.2. The molecule has 0 atom stereocenters. The van der Waals surface area contributed by atoms with Gasteiger partial charge in [-0.2, -0.15) is 9.61 Å². The summed E-state index contributed by atoms with van der Waals surface area (Å²) in [5.74, 6) is -0.324. The number of unbranched alkanes of at least 4 members (excludes halogenated alkanes) is 2. The molecule has 8 heteroatoms. The molecule has 2 heterocycles. The smallest absolute Gasteiger partial charge is 0.287 e. The van der Waals surface area contributed by atoms with E-state index in [1.54, 1.807) is 24.4 Å². The first-order valence-electron chi connectivity index (χ1n) is 11.4. The van der Waals surface area contributed by atoms with Crippen LogP contribution in [0, 0.1) is 0 Å². The van der Waals surface area contributed by atoms with E-state index in [9.17, 15) is 9.59 Å². The Morgan fingerprint density at radius 3 is 2.66 bits per heavy atom. The molecule has 0 radical (unpaired) electrons. The minimum atomic E-state index is -0.420. The third-order valence-corrected chi connectivity index (χ3v) is 6.64. The highest BCUT2D eigenvalue weighted by Gasteiger charge is 2.22. The van der Waals surface area contributed by atoms with Crippen molar-refractivity contribution in [1.82, 2.24) is 19.5 Å². The van der Waals surface area contributed by atoms with Crippen molar-refractivity contribution in [2.45, 2.75) is 70.9 Å². The van der Waals surface area contributed by atoms with Crippen molar-refractivity contribution in [3.63, 3.8) is 0 Å². The lowest BCUT2D eigenvalue weighted by Crippen LogP contribution is -2.40. The zero-order chi connectivity index (χ0) is 22.7. The molecule has 2 aromatic heterocycles. The van der Waals surface area contributed by atoms with E-state index in [1.165, 1.54) is 10.9 Å². The zero-order valence-electron chi connectivity index (χ0n) is 18.2. The van der Waals surface area contributed by atoms with Crippen molar-refractivity contribution in [3.8, 4) is 11.3 Å². The highest BCUT2D eigenvalue weighted by atomic mass is 35.5. The molecule has 0 aliphatic heterocycles. The fourth-order valence-corrected chi connectivity index (χ4v) is 4.83. The molecule has 1 saturated carbocycles. The summed E-state index contributed by atoms with van der Waals surface area (Å²) in [6.07, 6.45) is 10.1. The largest absolute Gasteiger partial charge is 0.349 e. The summed E-state index contributed by atoms with van der Waals surface area (Å²) in [6, 6.07) is 7.14. The molecular weight excluding hydrogens is 447 g/mol. The van der Waals surface area contributed by atoms with E-state index in [0.717, 1.165) is 44.9 Å². The second kappa shape index (κ2) is 10.1. The van der Waals surface area contributed by atoms with Gasteiger partial charge < -0.3 is 9.88 Å². The first-order valence-corrected chi connectivity index (χ1v) is 12.1. The van der Waals surface area contributed by atoms with Gasteiger partial charge >= 0.3 is 0 Å². The van der Waals surface area contributed by atoms with Gasteiger partial charge in [0.25, 0.3) is 11.5 Å². The molecule has 1 N–H and O–H groups in total. The lowest BCUT2D eigenvalue weighted by molar-refractivity contribution is 0.0925. The topological polar surface area (TPSA) is 68.4 Å². The minimum Gasteiger partial charge on any atom is -0.349 e. The number of hydrogen-bond acceptors (Lipinski definition) is 3. The van der Waals surface area contributed by atoms with Gasteiger partial charge in [-0.05, 0) is 37.5 Å². The number of aromatic nitrogens is 3. The highest BCUT2D eigenvalue weighted by Crippen LogP contribution is 2.30. The number of nitrogens with zero attached hydrogens (tertiary/aromatic N) is 3. The van der Waals surface area contributed by atoms with Crippen LogP contribution in [0.3, 0.4) is 0 Å². The summed E-state index contributed by atoms with van der Waals surface area (Å²) in [6.45, 7) is 2.84. The van der Waals surface area contributed by atoms with Gasteiger partial charge in [-0.1, -0.05) is 62.2 Å². The number of rotatable bonds is 7. The van der Waals surface area contributed by atoms with Gasteiger partial charge in [-0.25, -0.2) is 0 Å². The van der Waals surface area contributed by atoms with E-state index in [-0.39, 0.29) is 17.5 Å². The molecule has 1 fully saturated rings. The average Bonchev–Trinajstić information content (AvgIpc) is 3.22. The van der Waals surface area contributed by atoms with Crippen LogP contribution < -0.4 is 10.9 Å². The van der Waals surface area contributed by atoms with E-state index in [0.29, 0.717) is 33.5 Å². The van der Waals surface area contributed by atoms with Crippen molar-refractivity contribution in [2.75, 3.05) is 0 Å². The van der Waals surface area contributed by atoms with Crippen LogP contribution in [-0.4, -0.2) is 26.1 Å². The molecule has 1 aromatic carbocycles. The maximum atomic E-state index is 13.2. The molecule has 0 saturated heterocycles. The summed E-state index contributed by atoms with van der Waals surface area (Å²) in [4.78, 5) is 26.3. The van der Waals surface area contributed by atoms with Crippen molar-refractivity contribution in [3.05, 3.63) is 56.4 Å². The lowest BCUT2D eigenvalue weighted by atomic mass is 9.95. The second-order valence-electron chi connectivity index (χ2n) is 8.48. The van der Waals surface area contributed by atoms with Crippen LogP contribution in [0.1, 0.15) is 68.6 Å². The lowest BCUT2D eigenvalue weighted by Gasteiger charge is -2.22. The van der Waals surface area contributed by atoms with Crippen LogP contribution in [-0.2, 0) is 6.54 Å². The van der Waals surface area contributed by atoms with Crippen LogP contribution in [0.25, 0.3) is 16.9 Å². The van der Waals surface area contributed by atoms with E-state index < -0.39 is 5.56 Å². The Labute approximate surface area is 197 Å². The molecule has 4 rings (SSSR count). The first kappa shape index (κ1) is 22.9. The number of fused-ring (bicyclic) bond motifs is 1. The van der Waals surface area contributed by atoms with Crippen LogP contribution in [0.2, 0.25) is 10.0 Å². The summed E-state index contributed by atoms with van der Waals surface area (Å²) in [5.41, 5.74) is 1.60. The van der Waals surface area contributed by atoms with Gasteiger partial charge in [-0.15, -0.1) is 0 Å². The van der Waals surface area contributed by atoms with Crippen LogP contribution in [0.5, 0.6) is 0 Å². The first-order chi connectivity index (χ1) is 15.5. The molecule has 1 aliphatic carbocycles. The number of halogens is 2. The normalized spacial score (nSPS) is 14.7. The van der Waals surface area contributed by atoms with Crippen molar-refractivity contribution >= 4 is 34.8 Å². The Morgan fingerprint density at radius 1 is 1.16 bits per heavy atom. The molecule has 3 aromatic rings. The Bertz CT molecular complexity index is 1180. The summed E-state index contributed by atoms with van der Waals surface area (Å²) >= 11 is 12.4. The van der Waals surface area contributed by atoms with Crippen molar-refractivity contribution in [2.24, 2.45) is 0 Å². The zero-order valence-corrected chi connectivity index (χ0v) is 19.8. The summed E-state index contributed by atoms with van der Waals surface area (Å²) in [5, 5.41) is 8.58. The third kappa shape index (κ3) is 4.86. The number of carbonyl (C=O) groups is 1. The van der Waals surface area contributed by atoms with E-state index in [2.05, 4.69) is 17.3 Å². The van der Waals surface area contributed by atoms with Crippen LogP contribution >= 0.6 is 23.2 Å². The fraction of sp³-hybridized carbons (Fsp3) is 0.458. The number of amides is 1. The van der Waals surface area contributed by atoms with Gasteiger partial charge in [0.15, 0.2) is 0 Å². The van der Waals surface area contributed by atoms with E-state index in [1.807, 2.05) is 10.6 Å². The van der Waals surface area contributed by atoms with Crippen molar-refractivity contribution < 1.29 is 4.79 Å². The number of carbonyl (C=O) groups excluding carboxylic acids is 1. The SMILES string of the molecule is CCCCCn1cc(C(=O)NC2CCCCC2)c(=O)n2nc(-c3ccc(Cl)cc3Cl)cc12. The molecule has 170 valence electrons. The Morgan fingerprint density at radius 2 is 1.94 bits per heavy atom. The van der Waals surface area contributed by atoms with Crippen LogP contribution in [0.4, 0.5) is 0 Å². The fourth-order valence-electron chi connectivity index (χ4n) is 4.32. The number of benzene rings is 1. The third-order valence-electron chi connectivity index (χ3n) is 6.09. The average molecular weight is 475 g/mol. The molecule has 0 bridgehead atoms. The molecule has 0 unspecified atom stereocenters. The molecular formula is C24H28Cl2N4O2. The molecule has 1 amide bonds.